The molecule has 0 saturated carbocycles. The number of hydrogen-bond donors (Lipinski definition) is 1. The molecule has 1 saturated heterocycles. The summed E-state index contributed by atoms with van der Waals surface area (Å²) in [5, 5.41) is 1.07. The van der Waals surface area contributed by atoms with E-state index in [1.54, 1.807) is 23.8 Å². The van der Waals surface area contributed by atoms with Gasteiger partial charge in [-0.25, -0.2) is 0 Å². The Morgan fingerprint density at radius 3 is 2.90 bits per heavy atom. The van der Waals surface area contributed by atoms with Gasteiger partial charge in [-0.15, -0.1) is 0 Å². The molecule has 2 amide bonds. The Labute approximate surface area is 123 Å². The average Bonchev–Trinajstić information content (AvgIpc) is 2.88. The summed E-state index contributed by atoms with van der Waals surface area (Å²) in [6.45, 7) is 3.00. The molecule has 110 valence electrons. The van der Waals surface area contributed by atoms with Crippen LogP contribution >= 0.6 is 0 Å². The molecule has 0 radical (unpaired) electrons. The second-order valence-electron chi connectivity index (χ2n) is 5.56. The van der Waals surface area contributed by atoms with Crippen molar-refractivity contribution in [1.82, 2.24) is 14.8 Å². The fourth-order valence-corrected chi connectivity index (χ4v) is 2.90. The summed E-state index contributed by atoms with van der Waals surface area (Å²) < 4.78 is 0. The van der Waals surface area contributed by atoms with Gasteiger partial charge in [0.05, 0.1) is 6.42 Å². The van der Waals surface area contributed by atoms with Crippen LogP contribution in [0.4, 0.5) is 0 Å². The van der Waals surface area contributed by atoms with E-state index in [0.29, 0.717) is 19.5 Å². The van der Waals surface area contributed by atoms with E-state index < -0.39 is 0 Å². The third kappa shape index (κ3) is 2.39. The molecule has 0 spiro atoms. The summed E-state index contributed by atoms with van der Waals surface area (Å²) in [5.74, 6) is 0.0160. The Morgan fingerprint density at radius 1 is 1.33 bits per heavy atom. The summed E-state index contributed by atoms with van der Waals surface area (Å²) in [4.78, 5) is 31.0. The van der Waals surface area contributed by atoms with Crippen molar-refractivity contribution in [3.63, 3.8) is 0 Å². The monoisotopic (exact) mass is 285 g/mol. The molecule has 3 rings (SSSR count). The van der Waals surface area contributed by atoms with Gasteiger partial charge >= 0.3 is 0 Å². The predicted octanol–water partition coefficient (Wildman–Crippen LogP) is 1.40. The van der Waals surface area contributed by atoms with E-state index in [-0.39, 0.29) is 17.9 Å². The zero-order chi connectivity index (χ0) is 15.0. The Balaban J connectivity index is 1.79. The van der Waals surface area contributed by atoms with Crippen LogP contribution < -0.4 is 0 Å². The minimum absolute atomic E-state index is 0.00790. The molecule has 1 aromatic carbocycles. The van der Waals surface area contributed by atoms with Gasteiger partial charge < -0.3 is 14.8 Å². The van der Waals surface area contributed by atoms with E-state index >= 15 is 0 Å². The minimum atomic E-state index is -0.374. The first kappa shape index (κ1) is 13.7. The smallest absolute Gasteiger partial charge is 0.244 e. The quantitative estimate of drug-likeness (QED) is 0.907. The van der Waals surface area contributed by atoms with Crippen LogP contribution in [0.15, 0.2) is 30.5 Å². The minimum Gasteiger partial charge on any atom is -0.361 e. The summed E-state index contributed by atoms with van der Waals surface area (Å²) in [7, 11) is 1.78. The van der Waals surface area contributed by atoms with Crippen molar-refractivity contribution >= 4 is 22.7 Å². The van der Waals surface area contributed by atoms with E-state index in [4.69, 9.17) is 0 Å². The van der Waals surface area contributed by atoms with Crippen molar-refractivity contribution in [3.8, 4) is 0 Å². The van der Waals surface area contributed by atoms with E-state index in [2.05, 4.69) is 4.98 Å². The number of amides is 2. The van der Waals surface area contributed by atoms with E-state index in [1.807, 2.05) is 30.5 Å². The molecule has 21 heavy (non-hydrogen) atoms. The molecule has 0 bridgehead atoms. The first-order chi connectivity index (χ1) is 10.1. The second kappa shape index (κ2) is 5.24. The first-order valence-electron chi connectivity index (χ1n) is 7.17. The normalized spacial score (nSPS) is 19.3. The van der Waals surface area contributed by atoms with Gasteiger partial charge in [0.1, 0.15) is 6.04 Å². The Hall–Kier alpha value is -2.30. The molecule has 5 heteroatoms. The SMILES string of the molecule is CC1C(=O)N(C)CCN1C(=O)Cc1c[nH]c2ccccc12. The molecule has 1 unspecified atom stereocenters. The molecular weight excluding hydrogens is 266 g/mol. The lowest BCUT2D eigenvalue weighted by molar-refractivity contribution is -0.149. The number of carbonyl (C=O) groups excluding carboxylic acids is 2. The maximum absolute atomic E-state index is 12.5. The van der Waals surface area contributed by atoms with Gasteiger partial charge in [0, 0.05) is 37.2 Å². The van der Waals surface area contributed by atoms with Gasteiger partial charge in [0.15, 0.2) is 0 Å². The molecule has 0 aliphatic carbocycles. The lowest BCUT2D eigenvalue weighted by atomic mass is 10.1. The molecular formula is C16H19N3O2. The zero-order valence-electron chi connectivity index (χ0n) is 12.3. The molecule has 1 aliphatic rings. The molecule has 2 heterocycles. The third-order valence-corrected chi connectivity index (χ3v) is 4.21. The highest BCUT2D eigenvalue weighted by atomic mass is 16.2. The van der Waals surface area contributed by atoms with Gasteiger partial charge in [-0.05, 0) is 18.6 Å². The van der Waals surface area contributed by atoms with E-state index in [0.717, 1.165) is 16.5 Å². The second-order valence-corrected chi connectivity index (χ2v) is 5.56. The maximum atomic E-state index is 12.5. The zero-order valence-corrected chi connectivity index (χ0v) is 12.3. The summed E-state index contributed by atoms with van der Waals surface area (Å²) >= 11 is 0. The number of fused-ring (bicyclic) bond motifs is 1. The molecule has 1 atom stereocenters. The number of para-hydroxylation sites is 1. The largest absolute Gasteiger partial charge is 0.361 e. The standard InChI is InChI=1S/C16H19N3O2/c1-11-16(21)18(2)7-8-19(11)15(20)9-12-10-17-14-6-4-3-5-13(12)14/h3-6,10-11,17H,7-9H2,1-2H3. The average molecular weight is 285 g/mol. The van der Waals surface area contributed by atoms with Crippen LogP contribution in [0.25, 0.3) is 10.9 Å². The molecule has 5 nitrogen and oxygen atoms in total. The summed E-state index contributed by atoms with van der Waals surface area (Å²) in [5.41, 5.74) is 2.01. The fraction of sp³-hybridized carbons (Fsp3) is 0.375. The number of aromatic nitrogens is 1. The number of nitrogens with one attached hydrogen (secondary N) is 1. The van der Waals surface area contributed by atoms with Gasteiger partial charge in [-0.2, -0.15) is 0 Å². The maximum Gasteiger partial charge on any atom is 0.244 e. The number of likely N-dealkylation sites (N-methyl/N-ethyl adjacent to an activating group) is 1. The first-order valence-corrected chi connectivity index (χ1v) is 7.17. The highest BCUT2D eigenvalue weighted by Crippen LogP contribution is 2.20. The van der Waals surface area contributed by atoms with Crippen LogP contribution in [0, 0.1) is 0 Å². The molecule has 1 aromatic heterocycles. The number of nitrogens with zero attached hydrogens (tertiary/aromatic N) is 2. The predicted molar refractivity (Wildman–Crippen MR) is 80.8 cm³/mol. The Morgan fingerprint density at radius 2 is 2.10 bits per heavy atom. The van der Waals surface area contributed by atoms with Gasteiger partial charge in [0.2, 0.25) is 11.8 Å². The van der Waals surface area contributed by atoms with Crippen LogP contribution in [-0.2, 0) is 16.0 Å². The van der Waals surface area contributed by atoms with Crippen molar-refractivity contribution < 1.29 is 9.59 Å². The number of hydrogen-bond acceptors (Lipinski definition) is 2. The van der Waals surface area contributed by atoms with Crippen molar-refractivity contribution in [1.29, 1.82) is 0 Å². The summed E-state index contributed by atoms with van der Waals surface area (Å²) in [6.07, 6.45) is 2.20. The number of benzene rings is 1. The molecule has 1 N–H and O–H groups in total. The van der Waals surface area contributed by atoms with Gasteiger partial charge in [-0.1, -0.05) is 18.2 Å². The lowest BCUT2D eigenvalue weighted by Crippen LogP contribution is -2.56. The third-order valence-electron chi connectivity index (χ3n) is 4.21. The van der Waals surface area contributed by atoms with Crippen molar-refractivity contribution in [2.75, 3.05) is 20.1 Å². The van der Waals surface area contributed by atoms with Crippen LogP contribution in [0.2, 0.25) is 0 Å². The Bertz CT molecular complexity index is 692. The number of piperazine rings is 1. The number of carbonyl (C=O) groups is 2. The van der Waals surface area contributed by atoms with Crippen molar-refractivity contribution in [2.24, 2.45) is 0 Å². The van der Waals surface area contributed by atoms with Crippen LogP contribution in [0.1, 0.15) is 12.5 Å². The van der Waals surface area contributed by atoms with E-state index in [9.17, 15) is 9.59 Å². The van der Waals surface area contributed by atoms with Crippen LogP contribution in [0.5, 0.6) is 0 Å². The highest BCUT2D eigenvalue weighted by Gasteiger charge is 2.32. The summed E-state index contributed by atoms with van der Waals surface area (Å²) in [6, 6.07) is 7.55. The fourth-order valence-electron chi connectivity index (χ4n) is 2.90. The van der Waals surface area contributed by atoms with Crippen LogP contribution in [-0.4, -0.2) is 52.8 Å². The van der Waals surface area contributed by atoms with Crippen molar-refractivity contribution in [3.05, 3.63) is 36.0 Å². The van der Waals surface area contributed by atoms with Crippen LogP contribution in [0.3, 0.4) is 0 Å². The lowest BCUT2D eigenvalue weighted by Gasteiger charge is -2.37. The van der Waals surface area contributed by atoms with Gasteiger partial charge in [0.25, 0.3) is 0 Å². The molecule has 1 aliphatic heterocycles. The van der Waals surface area contributed by atoms with Crippen molar-refractivity contribution in [2.45, 2.75) is 19.4 Å². The van der Waals surface area contributed by atoms with Gasteiger partial charge in [-0.3, -0.25) is 9.59 Å². The molecule has 1 fully saturated rings. The number of H-pyrrole nitrogens is 1. The number of rotatable bonds is 2. The van der Waals surface area contributed by atoms with E-state index in [1.165, 1.54) is 0 Å². The number of aromatic amines is 1. The topological polar surface area (TPSA) is 56.4 Å². The Kier molecular flexibility index (Phi) is 3.41. The highest BCUT2D eigenvalue weighted by molar-refractivity contribution is 5.92. The molecule has 2 aromatic rings.